The number of aliphatic hydroxyl groups is 22. The molecule has 0 unspecified atom stereocenters. The van der Waals surface area contributed by atoms with Crippen molar-refractivity contribution in [3.05, 3.63) is 0 Å². The van der Waals surface area contributed by atoms with Crippen molar-refractivity contribution in [3.8, 4) is 0 Å². The van der Waals surface area contributed by atoms with Gasteiger partial charge in [-0.15, -0.1) is 0 Å². The molecular weight excluding hydrogens is 1020 g/mol. The number of aliphatic hydroxyl groups excluding tert-OH is 22. The van der Waals surface area contributed by atoms with E-state index < -0.39 is 249 Å². The van der Waals surface area contributed by atoms with Gasteiger partial charge in [0.15, 0.2) is 37.7 Å². The molecule has 6 aliphatic heterocycles. The molecule has 6 heterocycles. The molecule has 0 aromatic carbocycles. The summed E-state index contributed by atoms with van der Waals surface area (Å²) in [5.41, 5.74) is 0. The molecule has 0 aliphatic carbocycles. The standard InChI is InChI=1S/C40H70O34/c41-1-9(45)18(50)31(10(46)2-42)71-38-29(61)24(56)32(15(69-38)7-65-35-26(58)17(49)11(47)5-63-35)73-39-30(62)25(57)33(72-36-27(59)22(54)20(52)13(3-43)67-36)16(70-39)8-66-40-34(19(51)12(48)6-64-40)74-37-28(60)23(55)21(53)14(4-44)68-37/h9-62H,1-8H2/t9-,10+,11+,12+,13+,14+,15+,16+,17-,18+,19-,20+,21-,22-,23-,24+,25+,26+,27+,28+,29+,30+,31+,32+,33+,34+,35+,36-,37-,38-,39-,40+/m0/s1. The second-order valence-corrected chi connectivity index (χ2v) is 18.5. The van der Waals surface area contributed by atoms with E-state index in [1.165, 1.54) is 0 Å². The molecule has 74 heavy (non-hydrogen) atoms. The number of ether oxygens (including phenoxy) is 12. The third-order valence-electron chi connectivity index (χ3n) is 13.4. The summed E-state index contributed by atoms with van der Waals surface area (Å²) in [5, 5.41) is 231. The highest BCUT2D eigenvalue weighted by atomic mass is 16.8. The van der Waals surface area contributed by atoms with Gasteiger partial charge in [0.25, 0.3) is 0 Å². The van der Waals surface area contributed by atoms with Gasteiger partial charge in [0.2, 0.25) is 0 Å². The number of hydrogen-bond acceptors (Lipinski definition) is 34. The molecule has 6 saturated heterocycles. The average molecular weight is 1090 g/mol. The third kappa shape index (κ3) is 13.6. The van der Waals surface area contributed by atoms with Gasteiger partial charge in [-0.3, -0.25) is 0 Å². The minimum atomic E-state index is -2.34. The smallest absolute Gasteiger partial charge is 0.187 e. The third-order valence-corrected chi connectivity index (χ3v) is 13.4. The molecule has 0 aromatic heterocycles. The van der Waals surface area contributed by atoms with E-state index in [9.17, 15) is 112 Å². The minimum absolute atomic E-state index is 0.574. The molecule has 434 valence electrons. The van der Waals surface area contributed by atoms with E-state index in [-0.39, 0.29) is 0 Å². The topological polar surface area (TPSA) is 556 Å². The molecule has 6 fully saturated rings. The Morgan fingerprint density at radius 2 is 0.743 bits per heavy atom. The van der Waals surface area contributed by atoms with Crippen molar-refractivity contribution < 1.29 is 169 Å². The predicted octanol–water partition coefficient (Wildman–Crippen LogP) is -15.4. The van der Waals surface area contributed by atoms with Crippen molar-refractivity contribution >= 4 is 0 Å². The SMILES string of the molecule is OC[C@@H](O)[C@@H](O[C@@H]1O[C@H](CO[C@H]2OC[C@@H](O)[C@H](O)[C@H]2O)[C@@H](O[C@@H]2O[C@H](CO[C@H]3OC[C@@H](O)[C@H](O)[C@H]3O[C@@H]3O[C@H](CO)[C@H](O)[C@H](O)[C@H]3O)[C@@H](O[C@@H]3O[C@H](CO)[C@@H](O)[C@H](O)[C@H]3O)[C@H](O)[C@H]2O)[C@H](O)[C@H]1O)[C@H](O)[C@@H](O)CO. The lowest BCUT2D eigenvalue weighted by atomic mass is 9.95. The Kier molecular flexibility index (Phi) is 22.7. The van der Waals surface area contributed by atoms with E-state index in [0.717, 1.165) is 0 Å². The van der Waals surface area contributed by atoms with Crippen molar-refractivity contribution in [2.45, 2.75) is 196 Å². The lowest BCUT2D eigenvalue weighted by Crippen LogP contribution is -2.67. The Hall–Kier alpha value is -1.36. The van der Waals surface area contributed by atoms with Crippen LogP contribution in [0.4, 0.5) is 0 Å². The first-order chi connectivity index (χ1) is 35.0. The maximum atomic E-state index is 11.7. The number of rotatable bonds is 21. The van der Waals surface area contributed by atoms with Crippen molar-refractivity contribution in [1.29, 1.82) is 0 Å². The molecule has 34 nitrogen and oxygen atoms in total. The zero-order valence-electron chi connectivity index (χ0n) is 38.9. The number of hydrogen-bond donors (Lipinski definition) is 22. The molecule has 0 bridgehead atoms. The van der Waals surface area contributed by atoms with E-state index in [4.69, 9.17) is 56.8 Å². The largest absolute Gasteiger partial charge is 0.394 e. The lowest BCUT2D eigenvalue weighted by molar-refractivity contribution is -0.391. The second kappa shape index (κ2) is 27.2. The Balaban J connectivity index is 1.29. The van der Waals surface area contributed by atoms with Crippen LogP contribution in [0.3, 0.4) is 0 Å². The lowest BCUT2D eigenvalue weighted by Gasteiger charge is -2.49. The Morgan fingerprint density at radius 1 is 0.365 bits per heavy atom. The zero-order chi connectivity index (χ0) is 54.6. The Morgan fingerprint density at radius 3 is 1.22 bits per heavy atom. The molecule has 0 saturated carbocycles. The van der Waals surface area contributed by atoms with Gasteiger partial charge in [0, 0.05) is 0 Å². The summed E-state index contributed by atoms with van der Waals surface area (Å²) in [4.78, 5) is 0. The highest BCUT2D eigenvalue weighted by Crippen LogP contribution is 2.36. The van der Waals surface area contributed by atoms with Crippen LogP contribution >= 0.6 is 0 Å². The second-order valence-electron chi connectivity index (χ2n) is 18.5. The van der Waals surface area contributed by atoms with Crippen LogP contribution < -0.4 is 0 Å². The van der Waals surface area contributed by atoms with E-state index in [2.05, 4.69) is 0 Å². The van der Waals surface area contributed by atoms with Gasteiger partial charge in [-0.2, -0.15) is 0 Å². The Bertz CT molecular complexity index is 1660. The van der Waals surface area contributed by atoms with Gasteiger partial charge in [-0.25, -0.2) is 0 Å². The fraction of sp³-hybridized carbons (Fsp3) is 1.00. The first-order valence-corrected chi connectivity index (χ1v) is 23.4. The molecule has 6 aliphatic rings. The molecule has 0 spiro atoms. The van der Waals surface area contributed by atoms with Crippen LogP contribution in [0.5, 0.6) is 0 Å². The fourth-order valence-electron chi connectivity index (χ4n) is 8.81. The molecule has 0 aromatic rings. The van der Waals surface area contributed by atoms with Gasteiger partial charge in [0.05, 0.1) is 52.9 Å². The van der Waals surface area contributed by atoms with Crippen LogP contribution in [0.25, 0.3) is 0 Å². The molecule has 0 amide bonds. The predicted molar refractivity (Wildman–Crippen MR) is 222 cm³/mol. The van der Waals surface area contributed by atoms with Gasteiger partial charge >= 0.3 is 0 Å². The summed E-state index contributed by atoms with van der Waals surface area (Å²) in [5.74, 6) is 0. The van der Waals surface area contributed by atoms with Crippen molar-refractivity contribution in [1.82, 2.24) is 0 Å². The quantitative estimate of drug-likeness (QED) is 0.0507. The first-order valence-electron chi connectivity index (χ1n) is 23.4. The van der Waals surface area contributed by atoms with Crippen molar-refractivity contribution in [2.75, 3.05) is 52.9 Å². The van der Waals surface area contributed by atoms with Gasteiger partial charge in [0.1, 0.15) is 159 Å². The summed E-state index contributed by atoms with van der Waals surface area (Å²) in [6.07, 6.45) is -63.3. The summed E-state index contributed by atoms with van der Waals surface area (Å²) >= 11 is 0. The zero-order valence-corrected chi connectivity index (χ0v) is 38.9. The Labute approximate surface area is 418 Å². The fourth-order valence-corrected chi connectivity index (χ4v) is 8.81. The van der Waals surface area contributed by atoms with E-state index in [0.29, 0.717) is 0 Å². The summed E-state index contributed by atoms with van der Waals surface area (Å²) in [7, 11) is 0. The van der Waals surface area contributed by atoms with E-state index in [1.807, 2.05) is 0 Å². The summed E-state index contributed by atoms with van der Waals surface area (Å²) < 4.78 is 67.8. The first kappa shape index (κ1) is 61.8. The van der Waals surface area contributed by atoms with Gasteiger partial charge in [-0.05, 0) is 0 Å². The molecule has 22 N–H and O–H groups in total. The van der Waals surface area contributed by atoms with Crippen LogP contribution in [0.1, 0.15) is 0 Å². The summed E-state index contributed by atoms with van der Waals surface area (Å²) in [6.45, 7) is -7.20. The monoisotopic (exact) mass is 1090 g/mol. The van der Waals surface area contributed by atoms with Crippen LogP contribution in [-0.2, 0) is 56.8 Å². The average Bonchev–Trinajstić information content (AvgIpc) is 3.39. The van der Waals surface area contributed by atoms with Crippen LogP contribution in [0, 0.1) is 0 Å². The van der Waals surface area contributed by atoms with Crippen molar-refractivity contribution in [2.24, 2.45) is 0 Å². The molecule has 32 atom stereocenters. The highest BCUT2D eigenvalue weighted by Gasteiger charge is 2.56. The van der Waals surface area contributed by atoms with Crippen LogP contribution in [0.2, 0.25) is 0 Å². The molecule has 6 rings (SSSR count). The van der Waals surface area contributed by atoms with E-state index >= 15 is 0 Å². The summed E-state index contributed by atoms with van der Waals surface area (Å²) in [6, 6.07) is 0. The highest BCUT2D eigenvalue weighted by molar-refractivity contribution is 4.99. The molecule has 34 heteroatoms. The van der Waals surface area contributed by atoms with Crippen molar-refractivity contribution in [3.63, 3.8) is 0 Å². The maximum absolute atomic E-state index is 11.7. The maximum Gasteiger partial charge on any atom is 0.187 e. The van der Waals surface area contributed by atoms with Gasteiger partial charge in [-0.1, -0.05) is 0 Å². The molecule has 0 radical (unpaired) electrons. The van der Waals surface area contributed by atoms with Crippen LogP contribution in [-0.4, -0.2) is 362 Å². The van der Waals surface area contributed by atoms with Gasteiger partial charge < -0.3 is 169 Å². The normalized spacial score (nSPS) is 49.2. The van der Waals surface area contributed by atoms with E-state index in [1.54, 1.807) is 0 Å². The molecular formula is C40H70O34. The van der Waals surface area contributed by atoms with Crippen LogP contribution in [0.15, 0.2) is 0 Å². The minimum Gasteiger partial charge on any atom is -0.394 e.